The van der Waals surface area contributed by atoms with Crippen LogP contribution < -0.4 is 5.32 Å². The quantitative estimate of drug-likeness (QED) is 0.895. The van der Waals surface area contributed by atoms with Crippen molar-refractivity contribution < 1.29 is 9.59 Å². The van der Waals surface area contributed by atoms with Crippen molar-refractivity contribution in [1.29, 1.82) is 0 Å². The van der Waals surface area contributed by atoms with Gasteiger partial charge in [-0.2, -0.15) is 5.10 Å². The molecular formula is C18H30N4O2. The summed E-state index contributed by atoms with van der Waals surface area (Å²) in [6, 6.07) is -0.0512. The van der Waals surface area contributed by atoms with E-state index in [1.165, 1.54) is 0 Å². The van der Waals surface area contributed by atoms with Crippen LogP contribution in [-0.4, -0.2) is 39.1 Å². The van der Waals surface area contributed by atoms with Crippen LogP contribution in [0.15, 0.2) is 0 Å². The van der Waals surface area contributed by atoms with Crippen LogP contribution >= 0.6 is 0 Å². The monoisotopic (exact) mass is 334 g/mol. The number of carbonyl (C=O) groups excluding carboxylic acids is 2. The maximum Gasteiger partial charge on any atom is 0.225 e. The Morgan fingerprint density at radius 3 is 2.58 bits per heavy atom. The standard InChI is InChI=1S/C18H30N4O2/c1-11(2)10-22-14(5)15(7-8-17(22)23)18(24)19-9-16-12(3)20-21(6)13(16)4/h11,14-15H,7-10H2,1-6H3,(H,19,24). The minimum absolute atomic E-state index is 0.0337. The molecule has 1 aliphatic rings. The third-order valence-electron chi connectivity index (χ3n) is 5.06. The molecule has 0 aromatic carbocycles. The van der Waals surface area contributed by atoms with Crippen LogP contribution in [0.2, 0.25) is 0 Å². The van der Waals surface area contributed by atoms with Gasteiger partial charge in [-0.25, -0.2) is 0 Å². The fraction of sp³-hybridized carbons (Fsp3) is 0.722. The summed E-state index contributed by atoms with van der Waals surface area (Å²) in [6.07, 6.45) is 1.09. The lowest BCUT2D eigenvalue weighted by Crippen LogP contribution is -2.52. The molecule has 0 aliphatic carbocycles. The van der Waals surface area contributed by atoms with Crippen molar-refractivity contribution in [2.45, 2.75) is 60.0 Å². The Kier molecular flexibility index (Phi) is 5.67. The average Bonchev–Trinajstić information content (AvgIpc) is 2.74. The van der Waals surface area contributed by atoms with Crippen molar-refractivity contribution in [3.8, 4) is 0 Å². The molecule has 2 amide bonds. The zero-order valence-electron chi connectivity index (χ0n) is 15.7. The summed E-state index contributed by atoms with van der Waals surface area (Å²) in [5.74, 6) is 0.461. The van der Waals surface area contributed by atoms with Crippen molar-refractivity contribution in [2.75, 3.05) is 6.54 Å². The fourth-order valence-electron chi connectivity index (χ4n) is 3.50. The lowest BCUT2D eigenvalue weighted by Gasteiger charge is -2.39. The summed E-state index contributed by atoms with van der Waals surface area (Å²) in [5.41, 5.74) is 3.09. The summed E-state index contributed by atoms with van der Waals surface area (Å²) in [4.78, 5) is 26.7. The molecule has 1 N–H and O–H groups in total. The number of amides is 2. The number of hydrogen-bond acceptors (Lipinski definition) is 3. The predicted octanol–water partition coefficient (Wildman–Crippen LogP) is 1.94. The lowest BCUT2D eigenvalue weighted by molar-refractivity contribution is -0.143. The number of nitrogens with zero attached hydrogens (tertiary/aromatic N) is 3. The van der Waals surface area contributed by atoms with Gasteiger partial charge >= 0.3 is 0 Å². The number of carbonyl (C=O) groups is 2. The molecule has 1 saturated heterocycles. The highest BCUT2D eigenvalue weighted by molar-refractivity contribution is 5.84. The molecule has 2 unspecified atom stereocenters. The van der Waals surface area contributed by atoms with E-state index in [4.69, 9.17) is 0 Å². The second-order valence-corrected chi connectivity index (χ2v) is 7.32. The molecule has 0 spiro atoms. The highest BCUT2D eigenvalue weighted by Crippen LogP contribution is 2.26. The zero-order chi connectivity index (χ0) is 18.0. The van der Waals surface area contributed by atoms with Crippen LogP contribution in [0.1, 0.15) is 50.6 Å². The smallest absolute Gasteiger partial charge is 0.225 e. The van der Waals surface area contributed by atoms with Gasteiger partial charge in [0.25, 0.3) is 0 Å². The van der Waals surface area contributed by atoms with E-state index in [1.807, 2.05) is 37.4 Å². The summed E-state index contributed by atoms with van der Waals surface area (Å²) < 4.78 is 1.84. The second kappa shape index (κ2) is 7.36. The van der Waals surface area contributed by atoms with Gasteiger partial charge in [0.1, 0.15) is 0 Å². The number of nitrogens with one attached hydrogen (secondary N) is 1. The van der Waals surface area contributed by atoms with E-state index < -0.39 is 0 Å². The maximum atomic E-state index is 12.7. The van der Waals surface area contributed by atoms with Crippen LogP contribution in [0.25, 0.3) is 0 Å². The average molecular weight is 334 g/mol. The van der Waals surface area contributed by atoms with Crippen molar-refractivity contribution in [3.63, 3.8) is 0 Å². The van der Waals surface area contributed by atoms with E-state index in [0.717, 1.165) is 17.0 Å². The number of aromatic nitrogens is 2. The SMILES string of the molecule is Cc1nn(C)c(C)c1CNC(=O)C1CCC(=O)N(CC(C)C)C1C. The molecule has 6 heteroatoms. The normalized spacial score (nSPS) is 21.5. The molecular weight excluding hydrogens is 304 g/mol. The molecule has 2 heterocycles. The Hall–Kier alpha value is -1.85. The van der Waals surface area contributed by atoms with Gasteiger partial charge in [-0.15, -0.1) is 0 Å². The Balaban J connectivity index is 2.02. The molecule has 2 atom stereocenters. The van der Waals surface area contributed by atoms with E-state index in [1.54, 1.807) is 0 Å². The number of rotatable bonds is 5. The highest BCUT2D eigenvalue weighted by atomic mass is 16.2. The second-order valence-electron chi connectivity index (χ2n) is 7.32. The van der Waals surface area contributed by atoms with Crippen LogP contribution in [0.3, 0.4) is 0 Å². The van der Waals surface area contributed by atoms with Crippen LogP contribution in [0, 0.1) is 25.7 Å². The molecule has 1 aliphatic heterocycles. The van der Waals surface area contributed by atoms with E-state index in [0.29, 0.717) is 31.8 Å². The third-order valence-corrected chi connectivity index (χ3v) is 5.06. The summed E-state index contributed by atoms with van der Waals surface area (Å²) in [5, 5.41) is 7.44. The molecule has 2 rings (SSSR count). The zero-order valence-corrected chi connectivity index (χ0v) is 15.7. The van der Waals surface area contributed by atoms with Gasteiger partial charge in [0.15, 0.2) is 0 Å². The molecule has 1 aromatic rings. The van der Waals surface area contributed by atoms with Crippen LogP contribution in [-0.2, 0) is 23.2 Å². The summed E-state index contributed by atoms with van der Waals surface area (Å²) in [6.45, 7) is 11.4. The first-order chi connectivity index (χ1) is 11.2. The van der Waals surface area contributed by atoms with E-state index in [9.17, 15) is 9.59 Å². The molecule has 0 saturated carbocycles. The number of hydrogen-bond donors (Lipinski definition) is 1. The van der Waals surface area contributed by atoms with E-state index in [-0.39, 0.29) is 23.8 Å². The molecule has 24 heavy (non-hydrogen) atoms. The first-order valence-electron chi connectivity index (χ1n) is 8.78. The topological polar surface area (TPSA) is 67.2 Å². The molecule has 134 valence electrons. The van der Waals surface area contributed by atoms with Gasteiger partial charge in [0.2, 0.25) is 11.8 Å². The Morgan fingerprint density at radius 2 is 2.04 bits per heavy atom. The minimum Gasteiger partial charge on any atom is -0.352 e. The number of piperidine rings is 1. The molecule has 0 radical (unpaired) electrons. The van der Waals surface area contributed by atoms with Crippen LogP contribution in [0.4, 0.5) is 0 Å². The van der Waals surface area contributed by atoms with Crippen molar-refractivity contribution in [2.24, 2.45) is 18.9 Å². The highest BCUT2D eigenvalue weighted by Gasteiger charge is 2.36. The Bertz CT molecular complexity index is 621. The molecule has 0 bridgehead atoms. The maximum absolute atomic E-state index is 12.7. The van der Waals surface area contributed by atoms with E-state index >= 15 is 0 Å². The summed E-state index contributed by atoms with van der Waals surface area (Å²) in [7, 11) is 1.91. The molecule has 1 fully saturated rings. The van der Waals surface area contributed by atoms with Crippen molar-refractivity contribution in [3.05, 3.63) is 17.0 Å². The van der Waals surface area contributed by atoms with Gasteiger partial charge in [0.05, 0.1) is 11.6 Å². The van der Waals surface area contributed by atoms with Gasteiger partial charge in [-0.05, 0) is 33.1 Å². The predicted molar refractivity (Wildman–Crippen MR) is 93.3 cm³/mol. The van der Waals surface area contributed by atoms with Gasteiger partial charge in [-0.1, -0.05) is 13.8 Å². The fourth-order valence-corrected chi connectivity index (χ4v) is 3.50. The summed E-state index contributed by atoms with van der Waals surface area (Å²) >= 11 is 0. The van der Waals surface area contributed by atoms with Gasteiger partial charge in [0, 0.05) is 43.9 Å². The van der Waals surface area contributed by atoms with Crippen molar-refractivity contribution >= 4 is 11.8 Å². The lowest BCUT2D eigenvalue weighted by atomic mass is 9.88. The minimum atomic E-state index is -0.140. The van der Waals surface area contributed by atoms with Crippen molar-refractivity contribution in [1.82, 2.24) is 20.0 Å². The largest absolute Gasteiger partial charge is 0.352 e. The van der Waals surface area contributed by atoms with Crippen LogP contribution in [0.5, 0.6) is 0 Å². The van der Waals surface area contributed by atoms with Gasteiger partial charge < -0.3 is 10.2 Å². The number of aryl methyl sites for hydroxylation is 2. The van der Waals surface area contributed by atoms with E-state index in [2.05, 4.69) is 24.3 Å². The molecule has 1 aromatic heterocycles. The number of likely N-dealkylation sites (tertiary alicyclic amines) is 1. The first kappa shape index (κ1) is 18.5. The first-order valence-corrected chi connectivity index (χ1v) is 8.78. The third kappa shape index (κ3) is 3.79. The Labute approximate surface area is 144 Å². The molecule has 6 nitrogen and oxygen atoms in total. The Morgan fingerprint density at radius 1 is 1.38 bits per heavy atom. The van der Waals surface area contributed by atoms with Gasteiger partial charge in [-0.3, -0.25) is 14.3 Å².